The number of ether oxygens (including phenoxy) is 1. The molecule has 1 saturated heterocycles. The van der Waals surface area contributed by atoms with Crippen LogP contribution in [0.1, 0.15) is 46.5 Å². The zero-order chi connectivity index (χ0) is 12.2. The van der Waals surface area contributed by atoms with E-state index in [1.165, 1.54) is 6.42 Å². The number of amides is 1. The van der Waals surface area contributed by atoms with Crippen molar-refractivity contribution in [3.63, 3.8) is 0 Å². The van der Waals surface area contributed by atoms with Gasteiger partial charge in [0.05, 0.1) is 6.04 Å². The molecule has 0 aromatic heterocycles. The molecule has 1 heterocycles. The topological polar surface area (TPSA) is 29.5 Å². The Bertz CT molecular complexity index is 255. The molecule has 1 fully saturated rings. The molecule has 0 N–H and O–H groups in total. The number of likely N-dealkylation sites (tertiary alicyclic amines) is 1. The number of carbonyl (C=O) groups excluding carboxylic acids is 1. The first-order valence-corrected chi connectivity index (χ1v) is 6.06. The highest BCUT2D eigenvalue weighted by atomic mass is 16.6. The molecule has 1 unspecified atom stereocenters. The zero-order valence-electron chi connectivity index (χ0n) is 10.7. The Labute approximate surface area is 98.5 Å². The average Bonchev–Trinajstić information content (AvgIpc) is 2.39. The summed E-state index contributed by atoms with van der Waals surface area (Å²) in [6.07, 6.45) is 6.06. The Morgan fingerprint density at radius 1 is 1.38 bits per heavy atom. The smallest absolute Gasteiger partial charge is 0.410 e. The Hall–Kier alpha value is -0.990. The van der Waals surface area contributed by atoms with Crippen molar-refractivity contribution in [2.75, 3.05) is 6.54 Å². The van der Waals surface area contributed by atoms with Crippen LogP contribution < -0.4 is 0 Å². The second kappa shape index (κ2) is 5.37. The van der Waals surface area contributed by atoms with Crippen LogP contribution in [0.2, 0.25) is 0 Å². The van der Waals surface area contributed by atoms with E-state index in [-0.39, 0.29) is 12.1 Å². The van der Waals surface area contributed by atoms with Crippen LogP contribution >= 0.6 is 0 Å². The van der Waals surface area contributed by atoms with E-state index in [1.54, 1.807) is 0 Å². The van der Waals surface area contributed by atoms with Crippen LogP contribution in [0, 0.1) is 0 Å². The van der Waals surface area contributed by atoms with E-state index in [9.17, 15) is 4.79 Å². The molecule has 0 spiro atoms. The third-order valence-electron chi connectivity index (χ3n) is 2.70. The van der Waals surface area contributed by atoms with Gasteiger partial charge in [0.1, 0.15) is 5.60 Å². The SMILES string of the molecule is C=CC1CCCCCN1C(=O)OC(C)(C)C. The average molecular weight is 225 g/mol. The summed E-state index contributed by atoms with van der Waals surface area (Å²) in [5.74, 6) is 0. The van der Waals surface area contributed by atoms with Crippen molar-refractivity contribution in [1.29, 1.82) is 0 Å². The van der Waals surface area contributed by atoms with Crippen molar-refractivity contribution in [2.24, 2.45) is 0 Å². The van der Waals surface area contributed by atoms with Gasteiger partial charge in [0.15, 0.2) is 0 Å². The summed E-state index contributed by atoms with van der Waals surface area (Å²) < 4.78 is 5.40. The van der Waals surface area contributed by atoms with E-state index in [4.69, 9.17) is 4.74 Å². The molecule has 1 atom stereocenters. The lowest BCUT2D eigenvalue weighted by atomic mass is 10.1. The molecule has 0 aromatic carbocycles. The van der Waals surface area contributed by atoms with Crippen LogP contribution in [0.3, 0.4) is 0 Å². The van der Waals surface area contributed by atoms with Crippen molar-refractivity contribution >= 4 is 6.09 Å². The zero-order valence-corrected chi connectivity index (χ0v) is 10.7. The van der Waals surface area contributed by atoms with E-state index >= 15 is 0 Å². The fourth-order valence-corrected chi connectivity index (χ4v) is 1.93. The second-order valence-electron chi connectivity index (χ2n) is 5.33. The summed E-state index contributed by atoms with van der Waals surface area (Å²) in [5.41, 5.74) is -0.422. The van der Waals surface area contributed by atoms with Gasteiger partial charge in [-0.25, -0.2) is 4.79 Å². The van der Waals surface area contributed by atoms with Crippen molar-refractivity contribution in [1.82, 2.24) is 4.90 Å². The Morgan fingerprint density at radius 3 is 2.62 bits per heavy atom. The standard InChI is InChI=1S/C13H23NO2/c1-5-11-9-7-6-8-10-14(11)12(15)16-13(2,3)4/h5,11H,1,6-10H2,2-4H3. The van der Waals surface area contributed by atoms with Crippen molar-refractivity contribution in [3.05, 3.63) is 12.7 Å². The first-order chi connectivity index (χ1) is 7.44. The Balaban J connectivity index is 2.66. The van der Waals surface area contributed by atoms with Gasteiger partial charge in [-0.05, 0) is 33.6 Å². The molecule has 0 aliphatic carbocycles. The summed E-state index contributed by atoms with van der Waals surface area (Å²) >= 11 is 0. The minimum Gasteiger partial charge on any atom is -0.444 e. The van der Waals surface area contributed by atoms with E-state index in [0.717, 1.165) is 25.8 Å². The predicted octanol–water partition coefficient (Wildman–Crippen LogP) is 3.35. The predicted molar refractivity (Wildman–Crippen MR) is 65.4 cm³/mol. The monoisotopic (exact) mass is 225 g/mol. The molecule has 0 radical (unpaired) electrons. The maximum Gasteiger partial charge on any atom is 0.410 e. The molecule has 1 amide bonds. The number of nitrogens with zero attached hydrogens (tertiary/aromatic N) is 1. The van der Waals surface area contributed by atoms with Crippen LogP contribution in [-0.2, 0) is 4.74 Å². The number of hydrogen-bond acceptors (Lipinski definition) is 2. The summed E-state index contributed by atoms with van der Waals surface area (Å²) in [7, 11) is 0. The third-order valence-corrected chi connectivity index (χ3v) is 2.70. The summed E-state index contributed by atoms with van der Waals surface area (Å²) in [5, 5.41) is 0. The van der Waals surface area contributed by atoms with Crippen molar-refractivity contribution < 1.29 is 9.53 Å². The van der Waals surface area contributed by atoms with Gasteiger partial charge in [0.25, 0.3) is 0 Å². The quantitative estimate of drug-likeness (QED) is 0.640. The van der Waals surface area contributed by atoms with Gasteiger partial charge in [-0.1, -0.05) is 18.9 Å². The molecule has 0 saturated carbocycles. The Morgan fingerprint density at radius 2 is 2.06 bits per heavy atom. The molecule has 0 bridgehead atoms. The van der Waals surface area contributed by atoms with Gasteiger partial charge in [0.2, 0.25) is 0 Å². The molecule has 1 aliphatic rings. The highest BCUT2D eigenvalue weighted by molar-refractivity contribution is 5.68. The van der Waals surface area contributed by atoms with E-state index in [2.05, 4.69) is 6.58 Å². The highest BCUT2D eigenvalue weighted by Crippen LogP contribution is 2.20. The van der Waals surface area contributed by atoms with Crippen LogP contribution in [0.4, 0.5) is 4.79 Å². The van der Waals surface area contributed by atoms with Gasteiger partial charge in [0, 0.05) is 6.54 Å². The van der Waals surface area contributed by atoms with Crippen LogP contribution in [0.15, 0.2) is 12.7 Å². The summed E-state index contributed by atoms with van der Waals surface area (Å²) in [6, 6.07) is 0.136. The van der Waals surface area contributed by atoms with E-state index in [0.29, 0.717) is 0 Å². The summed E-state index contributed by atoms with van der Waals surface area (Å²) in [4.78, 5) is 13.8. The molecule has 0 aromatic rings. The molecule has 3 nitrogen and oxygen atoms in total. The minimum absolute atomic E-state index is 0.136. The van der Waals surface area contributed by atoms with Gasteiger partial charge < -0.3 is 9.64 Å². The van der Waals surface area contributed by atoms with E-state index in [1.807, 2.05) is 31.7 Å². The van der Waals surface area contributed by atoms with Crippen LogP contribution in [-0.4, -0.2) is 29.2 Å². The maximum atomic E-state index is 12.0. The fourth-order valence-electron chi connectivity index (χ4n) is 1.93. The molecule has 1 aliphatic heterocycles. The maximum absolute atomic E-state index is 12.0. The lowest BCUT2D eigenvalue weighted by Crippen LogP contribution is -2.42. The first-order valence-electron chi connectivity index (χ1n) is 6.06. The van der Waals surface area contributed by atoms with Gasteiger partial charge in [-0.3, -0.25) is 0 Å². The highest BCUT2D eigenvalue weighted by Gasteiger charge is 2.27. The normalized spacial score (nSPS) is 22.4. The fraction of sp³-hybridized carbons (Fsp3) is 0.769. The van der Waals surface area contributed by atoms with Gasteiger partial charge in [-0.2, -0.15) is 0 Å². The number of carbonyl (C=O) groups is 1. The number of rotatable bonds is 1. The van der Waals surface area contributed by atoms with Gasteiger partial charge in [-0.15, -0.1) is 6.58 Å². The summed E-state index contributed by atoms with van der Waals surface area (Å²) in [6.45, 7) is 10.3. The van der Waals surface area contributed by atoms with Crippen LogP contribution in [0.25, 0.3) is 0 Å². The number of hydrogen-bond donors (Lipinski definition) is 0. The van der Waals surface area contributed by atoms with E-state index < -0.39 is 5.60 Å². The second-order valence-corrected chi connectivity index (χ2v) is 5.33. The molecule has 16 heavy (non-hydrogen) atoms. The van der Waals surface area contributed by atoms with Crippen molar-refractivity contribution in [3.8, 4) is 0 Å². The molecular formula is C13H23NO2. The molecular weight excluding hydrogens is 202 g/mol. The molecule has 1 rings (SSSR count). The van der Waals surface area contributed by atoms with Crippen LogP contribution in [0.5, 0.6) is 0 Å². The Kier molecular flexibility index (Phi) is 4.39. The van der Waals surface area contributed by atoms with Gasteiger partial charge >= 0.3 is 6.09 Å². The minimum atomic E-state index is -0.422. The lowest BCUT2D eigenvalue weighted by Gasteiger charge is -2.30. The van der Waals surface area contributed by atoms with Crippen molar-refractivity contribution in [2.45, 2.75) is 58.1 Å². The molecule has 92 valence electrons. The largest absolute Gasteiger partial charge is 0.444 e. The first kappa shape index (κ1) is 13.1. The lowest BCUT2D eigenvalue weighted by molar-refractivity contribution is 0.0205. The molecule has 3 heteroatoms. The third kappa shape index (κ3) is 3.87.